The van der Waals surface area contributed by atoms with Crippen molar-refractivity contribution in [2.75, 3.05) is 11.4 Å². The monoisotopic (exact) mass is 349 g/mol. The molecule has 1 aromatic rings. The van der Waals surface area contributed by atoms with Crippen molar-refractivity contribution in [2.24, 2.45) is 5.92 Å². The molecule has 1 aliphatic heterocycles. The number of pyridine rings is 1. The number of nitrogens with one attached hydrogen (secondary N) is 1. The standard InChI is InChI=1S/C18H27N3O2S/c1-6-18(4,5)20-15(22)10-14-17(23)21(11-12(2)3)13-8-7-9-19-16(13)24-14/h7-9,12,14H,6,10-11H2,1-5H3,(H,20,22)/t14-/m0/s1. The van der Waals surface area contributed by atoms with Crippen LogP contribution in [0.15, 0.2) is 23.4 Å². The number of hydrogen-bond acceptors (Lipinski definition) is 4. The van der Waals surface area contributed by atoms with E-state index in [1.54, 1.807) is 11.1 Å². The van der Waals surface area contributed by atoms with Crippen LogP contribution >= 0.6 is 11.8 Å². The van der Waals surface area contributed by atoms with E-state index in [4.69, 9.17) is 0 Å². The summed E-state index contributed by atoms with van der Waals surface area (Å²) in [6.45, 7) is 10.8. The number of nitrogens with zero attached hydrogens (tertiary/aromatic N) is 2. The third kappa shape index (κ3) is 4.50. The summed E-state index contributed by atoms with van der Waals surface area (Å²) in [6.07, 6.45) is 2.75. The van der Waals surface area contributed by atoms with Gasteiger partial charge in [0.05, 0.1) is 10.9 Å². The highest BCUT2D eigenvalue weighted by Crippen LogP contribution is 2.39. The molecule has 6 heteroatoms. The quantitative estimate of drug-likeness (QED) is 0.856. The molecule has 0 radical (unpaired) electrons. The van der Waals surface area contributed by atoms with Crippen LogP contribution in [0.3, 0.4) is 0 Å². The number of thioether (sulfide) groups is 1. The Kier molecular flexibility index (Phi) is 5.91. The Labute approximate surface area is 148 Å². The second-order valence-corrected chi connectivity index (χ2v) is 8.46. The number of carbonyl (C=O) groups excluding carboxylic acids is 2. The van der Waals surface area contributed by atoms with E-state index in [0.717, 1.165) is 17.1 Å². The lowest BCUT2D eigenvalue weighted by atomic mass is 10.0. The largest absolute Gasteiger partial charge is 0.351 e. The van der Waals surface area contributed by atoms with E-state index in [9.17, 15) is 9.59 Å². The first-order valence-electron chi connectivity index (χ1n) is 8.47. The zero-order valence-electron chi connectivity index (χ0n) is 15.1. The highest BCUT2D eigenvalue weighted by molar-refractivity contribution is 8.00. The van der Waals surface area contributed by atoms with Gasteiger partial charge in [0.15, 0.2) is 0 Å². The fourth-order valence-corrected chi connectivity index (χ4v) is 3.68. The fourth-order valence-electron chi connectivity index (χ4n) is 2.52. The zero-order chi connectivity index (χ0) is 17.9. The molecule has 132 valence electrons. The van der Waals surface area contributed by atoms with Crippen LogP contribution in [0.1, 0.15) is 47.5 Å². The van der Waals surface area contributed by atoms with E-state index >= 15 is 0 Å². The van der Waals surface area contributed by atoms with Crippen LogP contribution < -0.4 is 10.2 Å². The molecule has 2 heterocycles. The van der Waals surface area contributed by atoms with Crippen molar-refractivity contribution < 1.29 is 9.59 Å². The molecule has 0 spiro atoms. The maximum absolute atomic E-state index is 12.9. The number of rotatable bonds is 6. The highest BCUT2D eigenvalue weighted by Gasteiger charge is 2.36. The van der Waals surface area contributed by atoms with Gasteiger partial charge in [0.1, 0.15) is 5.03 Å². The van der Waals surface area contributed by atoms with Crippen molar-refractivity contribution in [3.05, 3.63) is 18.3 Å². The number of fused-ring (bicyclic) bond motifs is 1. The van der Waals surface area contributed by atoms with Gasteiger partial charge in [-0.15, -0.1) is 0 Å². The SMILES string of the molecule is CCC(C)(C)NC(=O)C[C@@H]1Sc2ncccc2N(CC(C)C)C1=O. The molecule has 0 aromatic carbocycles. The summed E-state index contributed by atoms with van der Waals surface area (Å²) in [7, 11) is 0. The van der Waals surface area contributed by atoms with Gasteiger partial charge in [-0.2, -0.15) is 0 Å². The summed E-state index contributed by atoms with van der Waals surface area (Å²) in [4.78, 5) is 31.4. The number of carbonyl (C=O) groups is 2. The minimum atomic E-state index is -0.418. The van der Waals surface area contributed by atoms with Crippen molar-refractivity contribution in [2.45, 2.75) is 63.3 Å². The van der Waals surface area contributed by atoms with Crippen molar-refractivity contribution >= 4 is 29.3 Å². The molecule has 1 aliphatic rings. The third-order valence-corrected chi connectivity index (χ3v) is 5.31. The van der Waals surface area contributed by atoms with Crippen LogP contribution in [0.4, 0.5) is 5.69 Å². The first-order chi connectivity index (χ1) is 11.2. The number of anilines is 1. The topological polar surface area (TPSA) is 62.3 Å². The van der Waals surface area contributed by atoms with Gasteiger partial charge >= 0.3 is 0 Å². The summed E-state index contributed by atoms with van der Waals surface area (Å²) in [5.41, 5.74) is 0.597. The maximum atomic E-state index is 12.9. The lowest BCUT2D eigenvalue weighted by Gasteiger charge is -2.34. The van der Waals surface area contributed by atoms with E-state index in [2.05, 4.69) is 24.1 Å². The first-order valence-corrected chi connectivity index (χ1v) is 9.35. The molecule has 2 amide bonds. The van der Waals surface area contributed by atoms with E-state index < -0.39 is 5.25 Å². The third-order valence-electron chi connectivity index (χ3n) is 4.12. The van der Waals surface area contributed by atoms with Gasteiger partial charge in [0.25, 0.3) is 0 Å². The molecule has 1 aromatic heterocycles. The van der Waals surface area contributed by atoms with Gasteiger partial charge in [-0.1, -0.05) is 32.5 Å². The van der Waals surface area contributed by atoms with Gasteiger partial charge in [0, 0.05) is 24.7 Å². The average molecular weight is 350 g/mol. The highest BCUT2D eigenvalue weighted by atomic mass is 32.2. The molecule has 0 saturated carbocycles. The van der Waals surface area contributed by atoms with Gasteiger partial charge in [-0.3, -0.25) is 9.59 Å². The Hall–Kier alpha value is -1.56. The molecule has 0 fully saturated rings. The molecular formula is C18H27N3O2S. The second-order valence-electron chi connectivity index (χ2n) is 7.27. The smallest absolute Gasteiger partial charge is 0.241 e. The number of hydrogen-bond donors (Lipinski definition) is 1. The Bertz CT molecular complexity index is 616. The molecule has 1 N–H and O–H groups in total. The predicted molar refractivity (Wildman–Crippen MR) is 98.2 cm³/mol. The average Bonchev–Trinajstić information content (AvgIpc) is 2.50. The first kappa shape index (κ1) is 18.8. The van der Waals surface area contributed by atoms with Crippen molar-refractivity contribution in [1.29, 1.82) is 0 Å². The van der Waals surface area contributed by atoms with Crippen LogP contribution in [0.25, 0.3) is 0 Å². The van der Waals surface area contributed by atoms with Crippen LogP contribution in [-0.4, -0.2) is 34.1 Å². The molecule has 0 saturated heterocycles. The molecular weight excluding hydrogens is 322 g/mol. The minimum Gasteiger partial charge on any atom is -0.351 e. The predicted octanol–water partition coefficient (Wildman–Crippen LogP) is 3.24. The van der Waals surface area contributed by atoms with Gasteiger partial charge < -0.3 is 10.2 Å². The van der Waals surface area contributed by atoms with E-state index in [1.807, 2.05) is 32.9 Å². The van der Waals surface area contributed by atoms with Crippen LogP contribution in [0.5, 0.6) is 0 Å². The molecule has 0 unspecified atom stereocenters. The van der Waals surface area contributed by atoms with Crippen molar-refractivity contribution in [3.8, 4) is 0 Å². The lowest BCUT2D eigenvalue weighted by molar-refractivity contribution is -0.126. The molecule has 24 heavy (non-hydrogen) atoms. The Morgan fingerprint density at radius 2 is 2.17 bits per heavy atom. The summed E-state index contributed by atoms with van der Waals surface area (Å²) >= 11 is 1.39. The second kappa shape index (κ2) is 7.55. The fraction of sp³-hybridized carbons (Fsp3) is 0.611. The number of aromatic nitrogens is 1. The summed E-state index contributed by atoms with van der Waals surface area (Å²) in [5.74, 6) is 0.258. The van der Waals surface area contributed by atoms with Gasteiger partial charge in [-0.05, 0) is 38.3 Å². The summed E-state index contributed by atoms with van der Waals surface area (Å²) < 4.78 is 0. The normalized spacial score (nSPS) is 17.8. The zero-order valence-corrected chi connectivity index (χ0v) is 15.9. The van der Waals surface area contributed by atoms with E-state index in [1.165, 1.54) is 11.8 Å². The van der Waals surface area contributed by atoms with Crippen LogP contribution in [0.2, 0.25) is 0 Å². The van der Waals surface area contributed by atoms with Gasteiger partial charge in [-0.25, -0.2) is 4.98 Å². The Morgan fingerprint density at radius 1 is 1.46 bits per heavy atom. The molecule has 5 nitrogen and oxygen atoms in total. The van der Waals surface area contributed by atoms with Crippen LogP contribution in [-0.2, 0) is 9.59 Å². The molecule has 2 rings (SSSR count). The summed E-state index contributed by atoms with van der Waals surface area (Å²) in [6, 6.07) is 3.77. The molecule has 0 aliphatic carbocycles. The van der Waals surface area contributed by atoms with E-state index in [-0.39, 0.29) is 23.8 Å². The maximum Gasteiger partial charge on any atom is 0.241 e. The summed E-state index contributed by atoms with van der Waals surface area (Å²) in [5, 5.41) is 3.42. The van der Waals surface area contributed by atoms with Crippen molar-refractivity contribution in [1.82, 2.24) is 10.3 Å². The minimum absolute atomic E-state index is 0.00125. The van der Waals surface area contributed by atoms with Gasteiger partial charge in [0.2, 0.25) is 11.8 Å². The van der Waals surface area contributed by atoms with Crippen LogP contribution in [0, 0.1) is 5.92 Å². The Balaban J connectivity index is 2.18. The molecule has 1 atom stereocenters. The number of amides is 2. The van der Waals surface area contributed by atoms with Crippen molar-refractivity contribution in [3.63, 3.8) is 0 Å². The molecule has 0 bridgehead atoms. The lowest BCUT2D eigenvalue weighted by Crippen LogP contribution is -2.47. The van der Waals surface area contributed by atoms with E-state index in [0.29, 0.717) is 12.5 Å². The Morgan fingerprint density at radius 3 is 2.79 bits per heavy atom.